The molecule has 0 amide bonds. The predicted molar refractivity (Wildman–Crippen MR) is 79.3 cm³/mol. The van der Waals surface area contributed by atoms with Gasteiger partial charge in [0, 0.05) is 16.9 Å². The van der Waals surface area contributed by atoms with Crippen LogP contribution >= 0.6 is 39.1 Å². The Hall–Kier alpha value is 0.190. The van der Waals surface area contributed by atoms with Crippen molar-refractivity contribution >= 4 is 49.2 Å². The lowest BCUT2D eigenvalue weighted by molar-refractivity contribution is 0.576. The van der Waals surface area contributed by atoms with E-state index >= 15 is 0 Å². The second-order valence-corrected chi connectivity index (χ2v) is 7.09. The van der Waals surface area contributed by atoms with Crippen molar-refractivity contribution in [1.29, 1.82) is 0 Å². The molecule has 1 aromatic rings. The number of halogens is 3. The SMILES string of the molecule is O=S(=O)(NCCCCCBr)c1cc(Cl)ccc1Cl. The number of hydrogen-bond donors (Lipinski definition) is 1. The van der Waals surface area contributed by atoms with Crippen LogP contribution in [0.25, 0.3) is 0 Å². The van der Waals surface area contributed by atoms with Crippen LogP contribution in [0.15, 0.2) is 23.1 Å². The van der Waals surface area contributed by atoms with Crippen LogP contribution in [0, 0.1) is 0 Å². The Kier molecular flexibility index (Phi) is 6.95. The molecule has 0 spiro atoms. The van der Waals surface area contributed by atoms with E-state index in [9.17, 15) is 8.42 Å². The van der Waals surface area contributed by atoms with E-state index in [-0.39, 0.29) is 9.92 Å². The minimum atomic E-state index is -3.58. The molecule has 7 heteroatoms. The molecule has 18 heavy (non-hydrogen) atoms. The maximum absolute atomic E-state index is 12.0. The van der Waals surface area contributed by atoms with Gasteiger partial charge in [-0.3, -0.25) is 0 Å². The van der Waals surface area contributed by atoms with Gasteiger partial charge in [-0.1, -0.05) is 45.6 Å². The van der Waals surface area contributed by atoms with E-state index in [0.29, 0.717) is 11.6 Å². The highest BCUT2D eigenvalue weighted by atomic mass is 79.9. The number of unbranched alkanes of at least 4 members (excludes halogenated alkanes) is 2. The third-order valence-electron chi connectivity index (χ3n) is 2.29. The molecule has 0 fully saturated rings. The van der Waals surface area contributed by atoms with Crippen molar-refractivity contribution in [2.45, 2.75) is 24.2 Å². The molecule has 1 N–H and O–H groups in total. The van der Waals surface area contributed by atoms with Gasteiger partial charge in [0.15, 0.2) is 0 Å². The summed E-state index contributed by atoms with van der Waals surface area (Å²) in [5.41, 5.74) is 0. The first kappa shape index (κ1) is 16.2. The molecule has 102 valence electrons. The van der Waals surface area contributed by atoms with E-state index in [0.717, 1.165) is 24.6 Å². The van der Waals surface area contributed by atoms with Gasteiger partial charge in [0.2, 0.25) is 10.0 Å². The van der Waals surface area contributed by atoms with Gasteiger partial charge in [0.1, 0.15) is 4.90 Å². The van der Waals surface area contributed by atoms with Gasteiger partial charge in [0.05, 0.1) is 5.02 Å². The lowest BCUT2D eigenvalue weighted by atomic mass is 10.3. The van der Waals surface area contributed by atoms with Crippen LogP contribution in [0.2, 0.25) is 10.0 Å². The fourth-order valence-corrected chi connectivity index (χ4v) is 3.59. The average Bonchev–Trinajstić information content (AvgIpc) is 2.32. The van der Waals surface area contributed by atoms with Crippen LogP contribution in [0.3, 0.4) is 0 Å². The summed E-state index contributed by atoms with van der Waals surface area (Å²) in [5, 5.41) is 1.45. The van der Waals surface area contributed by atoms with E-state index in [4.69, 9.17) is 23.2 Å². The molecule has 0 atom stereocenters. The number of benzene rings is 1. The van der Waals surface area contributed by atoms with Crippen LogP contribution < -0.4 is 4.72 Å². The lowest BCUT2D eigenvalue weighted by Crippen LogP contribution is -2.25. The van der Waals surface area contributed by atoms with Crippen LogP contribution in [-0.4, -0.2) is 20.3 Å². The quantitative estimate of drug-likeness (QED) is 0.582. The molecule has 0 heterocycles. The second kappa shape index (κ2) is 7.70. The molecular weight excluding hydrogens is 361 g/mol. The molecule has 0 aliphatic rings. The zero-order chi connectivity index (χ0) is 13.6. The molecule has 1 aromatic carbocycles. The van der Waals surface area contributed by atoms with E-state index in [1.165, 1.54) is 12.1 Å². The molecule has 0 aromatic heterocycles. The van der Waals surface area contributed by atoms with Crippen molar-refractivity contribution in [2.24, 2.45) is 0 Å². The van der Waals surface area contributed by atoms with Gasteiger partial charge >= 0.3 is 0 Å². The fraction of sp³-hybridized carbons (Fsp3) is 0.455. The molecular formula is C11H14BrCl2NO2S. The minimum Gasteiger partial charge on any atom is -0.211 e. The predicted octanol–water partition coefficient (Wildman–Crippen LogP) is 3.84. The molecule has 0 radical (unpaired) electrons. The zero-order valence-electron chi connectivity index (χ0n) is 9.63. The largest absolute Gasteiger partial charge is 0.242 e. The molecule has 0 bridgehead atoms. The van der Waals surface area contributed by atoms with Crippen molar-refractivity contribution in [2.75, 3.05) is 11.9 Å². The third kappa shape index (κ3) is 5.05. The Morgan fingerprint density at radius 2 is 1.89 bits per heavy atom. The topological polar surface area (TPSA) is 46.2 Å². The standard InChI is InChI=1S/C11H14BrCl2NO2S/c12-6-2-1-3-7-15-18(16,17)11-8-9(13)4-5-10(11)14/h4-5,8,15H,1-3,6-7H2. The fourth-order valence-electron chi connectivity index (χ4n) is 1.36. The number of alkyl halides is 1. The van der Waals surface area contributed by atoms with Crippen molar-refractivity contribution in [1.82, 2.24) is 4.72 Å². The molecule has 0 aliphatic carbocycles. The zero-order valence-corrected chi connectivity index (χ0v) is 13.5. The summed E-state index contributed by atoms with van der Waals surface area (Å²) in [7, 11) is -3.58. The smallest absolute Gasteiger partial charge is 0.211 e. The van der Waals surface area contributed by atoms with Gasteiger partial charge in [0.25, 0.3) is 0 Å². The first-order valence-electron chi connectivity index (χ1n) is 5.48. The third-order valence-corrected chi connectivity index (χ3v) is 5.02. The Labute approximate surface area is 126 Å². The van der Waals surface area contributed by atoms with Gasteiger partial charge in [-0.25, -0.2) is 13.1 Å². The number of nitrogens with one attached hydrogen (secondary N) is 1. The Balaban J connectivity index is 2.66. The minimum absolute atomic E-state index is 0.0251. The van der Waals surface area contributed by atoms with E-state index < -0.39 is 10.0 Å². The van der Waals surface area contributed by atoms with E-state index in [1.807, 2.05) is 0 Å². The van der Waals surface area contributed by atoms with Crippen LogP contribution in [0.1, 0.15) is 19.3 Å². The van der Waals surface area contributed by atoms with Crippen LogP contribution in [-0.2, 0) is 10.0 Å². The molecule has 0 aliphatic heterocycles. The number of rotatable bonds is 7. The highest BCUT2D eigenvalue weighted by molar-refractivity contribution is 9.09. The second-order valence-electron chi connectivity index (χ2n) is 3.72. The Bertz CT molecular complexity index is 494. The van der Waals surface area contributed by atoms with Gasteiger partial charge in [-0.15, -0.1) is 0 Å². The molecule has 3 nitrogen and oxygen atoms in total. The summed E-state index contributed by atoms with van der Waals surface area (Å²) in [6.07, 6.45) is 2.79. The van der Waals surface area contributed by atoms with Crippen LogP contribution in [0.5, 0.6) is 0 Å². The summed E-state index contributed by atoms with van der Waals surface area (Å²) in [4.78, 5) is 0.0251. The Morgan fingerprint density at radius 3 is 2.56 bits per heavy atom. The molecule has 0 unspecified atom stereocenters. The molecule has 0 saturated heterocycles. The van der Waals surface area contributed by atoms with E-state index in [2.05, 4.69) is 20.7 Å². The van der Waals surface area contributed by atoms with Gasteiger partial charge < -0.3 is 0 Å². The number of hydrogen-bond acceptors (Lipinski definition) is 2. The monoisotopic (exact) mass is 373 g/mol. The maximum Gasteiger partial charge on any atom is 0.242 e. The first-order chi connectivity index (χ1) is 8.47. The maximum atomic E-state index is 12.0. The normalized spacial score (nSPS) is 11.7. The van der Waals surface area contributed by atoms with Crippen LogP contribution in [0.4, 0.5) is 0 Å². The van der Waals surface area contributed by atoms with Gasteiger partial charge in [-0.05, 0) is 31.0 Å². The summed E-state index contributed by atoms with van der Waals surface area (Å²) in [6.45, 7) is 0.401. The average molecular weight is 375 g/mol. The summed E-state index contributed by atoms with van der Waals surface area (Å²) < 4.78 is 26.5. The summed E-state index contributed by atoms with van der Waals surface area (Å²) >= 11 is 15.0. The highest BCUT2D eigenvalue weighted by Crippen LogP contribution is 2.24. The first-order valence-corrected chi connectivity index (χ1v) is 8.84. The molecule has 1 rings (SSSR count). The van der Waals surface area contributed by atoms with Gasteiger partial charge in [-0.2, -0.15) is 0 Å². The van der Waals surface area contributed by atoms with Crippen molar-refractivity contribution in [3.8, 4) is 0 Å². The Morgan fingerprint density at radius 1 is 1.17 bits per heavy atom. The number of sulfonamides is 1. The summed E-state index contributed by atoms with van der Waals surface area (Å²) in [6, 6.07) is 4.38. The van der Waals surface area contributed by atoms with Crippen molar-refractivity contribution < 1.29 is 8.42 Å². The lowest BCUT2D eigenvalue weighted by Gasteiger charge is -2.08. The molecule has 0 saturated carbocycles. The summed E-state index contributed by atoms with van der Waals surface area (Å²) in [5.74, 6) is 0. The van der Waals surface area contributed by atoms with E-state index in [1.54, 1.807) is 6.07 Å². The highest BCUT2D eigenvalue weighted by Gasteiger charge is 2.17. The van der Waals surface area contributed by atoms with Crippen molar-refractivity contribution in [3.05, 3.63) is 28.2 Å². The van der Waals surface area contributed by atoms with Crippen molar-refractivity contribution in [3.63, 3.8) is 0 Å².